The Hall–Kier alpha value is -0.0800. The Bertz CT molecular complexity index is 231. The summed E-state index contributed by atoms with van der Waals surface area (Å²) in [5, 5.41) is 2.57. The molecule has 0 bridgehead atoms. The van der Waals surface area contributed by atoms with Crippen LogP contribution in [0.5, 0.6) is 0 Å². The molecule has 1 aliphatic carbocycles. The van der Waals surface area contributed by atoms with Crippen LogP contribution in [-0.2, 0) is 0 Å². The summed E-state index contributed by atoms with van der Waals surface area (Å²) in [5.74, 6) is 0.994. The molecule has 2 rings (SSSR count). The molecule has 0 aromatic heterocycles. The lowest BCUT2D eigenvalue weighted by atomic mass is 9.97. The fraction of sp³-hybridized carbons (Fsp3) is 1.00. The zero-order valence-corrected chi connectivity index (χ0v) is 12.6. The Labute approximate surface area is 113 Å². The van der Waals surface area contributed by atoms with Crippen LogP contribution in [0.15, 0.2) is 0 Å². The van der Waals surface area contributed by atoms with Gasteiger partial charge in [0.15, 0.2) is 0 Å². The van der Waals surface area contributed by atoms with Crippen molar-refractivity contribution in [2.24, 2.45) is 5.92 Å². The number of hydrogen-bond acceptors (Lipinski definition) is 2. The quantitative estimate of drug-likeness (QED) is 0.760. The van der Waals surface area contributed by atoms with Crippen LogP contribution in [-0.4, -0.2) is 23.1 Å². The van der Waals surface area contributed by atoms with Crippen molar-refractivity contribution in [3.05, 3.63) is 0 Å². The van der Waals surface area contributed by atoms with Gasteiger partial charge in [0.05, 0.1) is 0 Å². The van der Waals surface area contributed by atoms with Crippen LogP contribution in [0.25, 0.3) is 0 Å². The lowest BCUT2D eigenvalue weighted by Gasteiger charge is -2.41. The molecule has 2 aliphatic rings. The van der Waals surface area contributed by atoms with Gasteiger partial charge in [-0.2, -0.15) is 0 Å². The molecule has 1 saturated carbocycles. The zero-order valence-electron chi connectivity index (χ0n) is 12.6. The molecule has 2 fully saturated rings. The van der Waals surface area contributed by atoms with Gasteiger partial charge in [-0.05, 0) is 51.9 Å². The zero-order chi connectivity index (χ0) is 13.0. The number of hydrazine groups is 1. The van der Waals surface area contributed by atoms with Gasteiger partial charge in [0, 0.05) is 18.1 Å². The predicted molar refractivity (Wildman–Crippen MR) is 78.4 cm³/mol. The van der Waals surface area contributed by atoms with Crippen LogP contribution in [0, 0.1) is 5.92 Å². The van der Waals surface area contributed by atoms with Gasteiger partial charge in [-0.3, -0.25) is 5.43 Å². The van der Waals surface area contributed by atoms with E-state index in [-0.39, 0.29) is 0 Å². The monoisotopic (exact) mass is 252 g/mol. The van der Waals surface area contributed by atoms with Crippen molar-refractivity contribution in [1.29, 1.82) is 0 Å². The molecule has 4 unspecified atom stereocenters. The fourth-order valence-corrected chi connectivity index (χ4v) is 3.80. The van der Waals surface area contributed by atoms with E-state index in [4.69, 9.17) is 0 Å². The van der Waals surface area contributed by atoms with Crippen molar-refractivity contribution in [1.82, 2.24) is 10.4 Å². The molecular weight excluding hydrogens is 220 g/mol. The number of piperidine rings is 1. The second kappa shape index (κ2) is 6.91. The van der Waals surface area contributed by atoms with Crippen molar-refractivity contribution < 1.29 is 0 Å². The maximum Gasteiger partial charge on any atom is 0.0218 e. The molecule has 2 nitrogen and oxygen atoms in total. The standard InChI is InChI=1S/C16H32N2/c1-4-15-9-6-10-16(12-11-15)17-18-13(2)7-5-8-14(18)3/h13-17H,4-12H2,1-3H3. The van der Waals surface area contributed by atoms with Crippen LogP contribution in [0.2, 0.25) is 0 Å². The van der Waals surface area contributed by atoms with E-state index in [1.165, 1.54) is 57.8 Å². The minimum atomic E-state index is 0.721. The van der Waals surface area contributed by atoms with Gasteiger partial charge in [0.2, 0.25) is 0 Å². The first kappa shape index (κ1) is 14.3. The molecule has 1 N–H and O–H groups in total. The van der Waals surface area contributed by atoms with E-state index in [2.05, 4.69) is 31.2 Å². The molecule has 1 heterocycles. The first-order valence-electron chi connectivity index (χ1n) is 8.25. The van der Waals surface area contributed by atoms with Gasteiger partial charge in [-0.15, -0.1) is 0 Å². The van der Waals surface area contributed by atoms with Gasteiger partial charge < -0.3 is 0 Å². The molecular formula is C16H32N2. The fourth-order valence-electron chi connectivity index (χ4n) is 3.80. The van der Waals surface area contributed by atoms with E-state index in [1.807, 2.05) is 0 Å². The maximum atomic E-state index is 3.88. The molecule has 4 atom stereocenters. The minimum Gasteiger partial charge on any atom is -0.252 e. The molecule has 18 heavy (non-hydrogen) atoms. The number of rotatable bonds is 3. The average molecular weight is 252 g/mol. The third-order valence-electron chi connectivity index (χ3n) is 5.19. The first-order chi connectivity index (χ1) is 8.70. The molecule has 1 saturated heterocycles. The lowest BCUT2D eigenvalue weighted by Crippen LogP contribution is -2.55. The molecule has 2 heteroatoms. The summed E-state index contributed by atoms with van der Waals surface area (Å²) in [6.07, 6.45) is 12.6. The number of hydrogen-bond donors (Lipinski definition) is 1. The summed E-state index contributed by atoms with van der Waals surface area (Å²) in [6.45, 7) is 7.12. The van der Waals surface area contributed by atoms with Crippen LogP contribution in [0.1, 0.15) is 78.6 Å². The molecule has 0 spiro atoms. The minimum absolute atomic E-state index is 0.721. The van der Waals surface area contributed by atoms with Crippen molar-refractivity contribution in [3.63, 3.8) is 0 Å². The van der Waals surface area contributed by atoms with Gasteiger partial charge in [0.25, 0.3) is 0 Å². The van der Waals surface area contributed by atoms with E-state index in [9.17, 15) is 0 Å². The number of nitrogens with zero attached hydrogens (tertiary/aromatic N) is 1. The summed E-state index contributed by atoms with van der Waals surface area (Å²) in [7, 11) is 0. The Morgan fingerprint density at radius 3 is 2.22 bits per heavy atom. The smallest absolute Gasteiger partial charge is 0.0218 e. The van der Waals surface area contributed by atoms with E-state index in [0.717, 1.165) is 24.0 Å². The SMILES string of the molecule is CCC1CCCC(NN2C(C)CCCC2C)CC1. The normalized spacial score (nSPS) is 39.5. The number of nitrogens with one attached hydrogen (secondary N) is 1. The summed E-state index contributed by atoms with van der Waals surface area (Å²) in [4.78, 5) is 0. The summed E-state index contributed by atoms with van der Waals surface area (Å²) in [6, 6.07) is 2.18. The maximum absolute atomic E-state index is 3.88. The average Bonchev–Trinajstić information content (AvgIpc) is 2.59. The Kier molecular flexibility index (Phi) is 5.50. The van der Waals surface area contributed by atoms with Crippen molar-refractivity contribution >= 4 is 0 Å². The molecule has 1 aliphatic heterocycles. The molecule has 0 amide bonds. The molecule has 0 aromatic rings. The Morgan fingerprint density at radius 1 is 0.889 bits per heavy atom. The molecule has 0 radical (unpaired) electrons. The van der Waals surface area contributed by atoms with Gasteiger partial charge in [-0.1, -0.05) is 32.6 Å². The van der Waals surface area contributed by atoms with Crippen molar-refractivity contribution in [2.45, 2.75) is 96.7 Å². The van der Waals surface area contributed by atoms with Crippen LogP contribution in [0.3, 0.4) is 0 Å². The highest BCUT2D eigenvalue weighted by Crippen LogP contribution is 2.27. The molecule has 0 aromatic carbocycles. The third-order valence-corrected chi connectivity index (χ3v) is 5.19. The van der Waals surface area contributed by atoms with Gasteiger partial charge >= 0.3 is 0 Å². The summed E-state index contributed by atoms with van der Waals surface area (Å²) < 4.78 is 0. The van der Waals surface area contributed by atoms with Crippen LogP contribution in [0.4, 0.5) is 0 Å². The third kappa shape index (κ3) is 3.71. The van der Waals surface area contributed by atoms with E-state index in [0.29, 0.717) is 0 Å². The van der Waals surface area contributed by atoms with Crippen molar-refractivity contribution in [3.8, 4) is 0 Å². The Balaban J connectivity index is 1.84. The largest absolute Gasteiger partial charge is 0.252 e. The topological polar surface area (TPSA) is 15.3 Å². The second-order valence-electron chi connectivity index (χ2n) is 6.64. The lowest BCUT2D eigenvalue weighted by molar-refractivity contribution is 0.0266. The highest BCUT2D eigenvalue weighted by Gasteiger charge is 2.27. The predicted octanol–water partition coefficient (Wildman–Crippen LogP) is 4.11. The van der Waals surface area contributed by atoms with E-state index >= 15 is 0 Å². The molecule has 106 valence electrons. The second-order valence-corrected chi connectivity index (χ2v) is 6.64. The van der Waals surface area contributed by atoms with E-state index < -0.39 is 0 Å². The highest BCUT2D eigenvalue weighted by molar-refractivity contribution is 4.80. The van der Waals surface area contributed by atoms with Gasteiger partial charge in [0.1, 0.15) is 0 Å². The first-order valence-corrected chi connectivity index (χ1v) is 8.25. The van der Waals surface area contributed by atoms with Crippen LogP contribution < -0.4 is 5.43 Å². The Morgan fingerprint density at radius 2 is 1.56 bits per heavy atom. The summed E-state index contributed by atoms with van der Waals surface area (Å²) >= 11 is 0. The highest BCUT2D eigenvalue weighted by atomic mass is 15.5. The van der Waals surface area contributed by atoms with Gasteiger partial charge in [-0.25, -0.2) is 5.01 Å². The van der Waals surface area contributed by atoms with Crippen molar-refractivity contribution in [2.75, 3.05) is 0 Å². The van der Waals surface area contributed by atoms with E-state index in [1.54, 1.807) is 0 Å². The summed E-state index contributed by atoms with van der Waals surface area (Å²) in [5.41, 5.74) is 3.88. The van der Waals surface area contributed by atoms with Crippen LogP contribution >= 0.6 is 0 Å².